The minimum absolute atomic E-state index is 0.0409. The molecule has 13 heteroatoms. The predicted molar refractivity (Wildman–Crippen MR) is 113 cm³/mol. The topological polar surface area (TPSA) is 126 Å². The van der Waals surface area contributed by atoms with E-state index in [-0.39, 0.29) is 30.1 Å². The zero-order valence-corrected chi connectivity index (χ0v) is 18.6. The van der Waals surface area contributed by atoms with E-state index in [9.17, 15) is 36.3 Å². The van der Waals surface area contributed by atoms with Gasteiger partial charge >= 0.3 is 12.1 Å². The second-order valence-electron chi connectivity index (χ2n) is 7.22. The highest BCUT2D eigenvalue weighted by atomic mass is 32.2. The molecule has 1 aromatic carbocycles. The number of hydrogen-bond donors (Lipinski definition) is 2. The summed E-state index contributed by atoms with van der Waals surface area (Å²) in [5, 5.41) is 12.4. The van der Waals surface area contributed by atoms with E-state index < -0.39 is 45.9 Å². The largest absolute Gasteiger partial charge is 0.505 e. The molecule has 0 radical (unpaired) electrons. The second-order valence-corrected chi connectivity index (χ2v) is 9.15. The molecule has 2 heterocycles. The van der Waals surface area contributed by atoms with Crippen molar-refractivity contribution in [2.45, 2.75) is 17.5 Å². The van der Waals surface area contributed by atoms with E-state index in [1.165, 1.54) is 12.3 Å². The molecule has 1 amide bonds. The summed E-state index contributed by atoms with van der Waals surface area (Å²) in [6.07, 6.45) is -1.39. The Morgan fingerprint density at radius 1 is 1.24 bits per heavy atom. The number of nitrogens with one attached hydrogen (secondary N) is 1. The number of ether oxygens (including phenoxy) is 1. The highest BCUT2D eigenvalue weighted by molar-refractivity contribution is 7.89. The number of benzene rings is 1. The highest BCUT2D eigenvalue weighted by Gasteiger charge is 2.32. The van der Waals surface area contributed by atoms with Crippen molar-refractivity contribution in [3.8, 4) is 5.75 Å². The maximum absolute atomic E-state index is 12.8. The number of hydrogen-bond acceptors (Lipinski definition) is 7. The van der Waals surface area contributed by atoms with Crippen LogP contribution in [0, 0.1) is 0 Å². The van der Waals surface area contributed by atoms with Crippen LogP contribution in [0.4, 0.5) is 13.2 Å². The lowest BCUT2D eigenvalue weighted by molar-refractivity contribution is -0.139. The van der Waals surface area contributed by atoms with E-state index >= 15 is 0 Å². The van der Waals surface area contributed by atoms with Gasteiger partial charge in [-0.15, -0.1) is 0 Å². The smallest absolute Gasteiger partial charge is 0.416 e. The zero-order chi connectivity index (χ0) is 25.1. The molecule has 0 unspecified atom stereocenters. The molecule has 1 aromatic heterocycles. The van der Waals surface area contributed by atoms with Gasteiger partial charge in [-0.1, -0.05) is 6.08 Å². The first-order chi connectivity index (χ1) is 15.9. The first kappa shape index (κ1) is 25.2. The van der Waals surface area contributed by atoms with Gasteiger partial charge in [-0.25, -0.2) is 13.4 Å². The molecule has 3 rings (SSSR count). The number of alkyl halides is 3. The number of methoxy groups -OCH3 is 1. The van der Waals surface area contributed by atoms with E-state index in [1.807, 2.05) is 0 Å². The first-order valence-corrected chi connectivity index (χ1v) is 11.3. The standard InChI is InChI=1S/C21H20F3N3O6S/c1-33-18(29)12-26-20(30)19-17(28)10-14(11-25-19)13-6-8-27(9-7-13)34(31,32)16-4-2-15(3-5-16)21(22,23)24/h2-6,10-11,28H,7-9,12H2,1H3,(H,26,30). The summed E-state index contributed by atoms with van der Waals surface area (Å²) in [5.41, 5.74) is -0.102. The van der Waals surface area contributed by atoms with Crippen molar-refractivity contribution in [2.24, 2.45) is 0 Å². The Bertz CT molecular complexity index is 1230. The monoisotopic (exact) mass is 499 g/mol. The van der Waals surface area contributed by atoms with Crippen molar-refractivity contribution in [1.82, 2.24) is 14.6 Å². The van der Waals surface area contributed by atoms with Gasteiger partial charge in [-0.2, -0.15) is 17.5 Å². The van der Waals surface area contributed by atoms with E-state index in [0.717, 1.165) is 35.7 Å². The molecular formula is C21H20F3N3O6S. The number of carbonyl (C=O) groups excluding carboxylic acids is 2. The Hall–Kier alpha value is -3.45. The maximum Gasteiger partial charge on any atom is 0.416 e. The number of pyridine rings is 1. The number of rotatable bonds is 6. The molecule has 182 valence electrons. The number of halogens is 3. The van der Waals surface area contributed by atoms with Gasteiger partial charge in [0, 0.05) is 19.3 Å². The molecule has 0 saturated carbocycles. The van der Waals surface area contributed by atoms with E-state index in [1.54, 1.807) is 6.08 Å². The SMILES string of the molecule is COC(=O)CNC(=O)c1ncc(C2=CCN(S(=O)(=O)c3ccc(C(F)(F)F)cc3)CC2)cc1O. The van der Waals surface area contributed by atoms with Crippen LogP contribution in [0.1, 0.15) is 28.0 Å². The first-order valence-electron chi connectivity index (χ1n) is 9.84. The van der Waals surface area contributed by atoms with Crippen LogP contribution in [0.25, 0.3) is 5.57 Å². The van der Waals surface area contributed by atoms with Crippen molar-refractivity contribution in [3.63, 3.8) is 0 Å². The molecule has 0 atom stereocenters. The van der Waals surface area contributed by atoms with Crippen molar-refractivity contribution in [3.05, 3.63) is 59.4 Å². The lowest BCUT2D eigenvalue weighted by Crippen LogP contribution is -2.34. The summed E-state index contributed by atoms with van der Waals surface area (Å²) in [7, 11) is -2.85. The van der Waals surface area contributed by atoms with Crippen LogP contribution >= 0.6 is 0 Å². The summed E-state index contributed by atoms with van der Waals surface area (Å²) in [6, 6.07) is 4.57. The van der Waals surface area contributed by atoms with Crippen molar-refractivity contribution in [2.75, 3.05) is 26.7 Å². The lowest BCUT2D eigenvalue weighted by atomic mass is 10.0. The normalized spacial score (nSPS) is 14.9. The van der Waals surface area contributed by atoms with Crippen molar-refractivity contribution >= 4 is 27.5 Å². The quantitative estimate of drug-likeness (QED) is 0.584. The molecule has 1 aliphatic rings. The maximum atomic E-state index is 12.8. The summed E-state index contributed by atoms with van der Waals surface area (Å²) in [5.74, 6) is -1.88. The van der Waals surface area contributed by atoms with Gasteiger partial charge < -0.3 is 15.2 Å². The fourth-order valence-electron chi connectivity index (χ4n) is 3.21. The Labute approximate surface area is 192 Å². The van der Waals surface area contributed by atoms with Crippen LogP contribution in [0.5, 0.6) is 5.75 Å². The average Bonchev–Trinajstić information content (AvgIpc) is 2.81. The molecule has 2 N–H and O–H groups in total. The van der Waals surface area contributed by atoms with E-state index in [2.05, 4.69) is 15.0 Å². The number of aromatic nitrogens is 1. The molecule has 0 aliphatic carbocycles. The second kappa shape index (κ2) is 9.81. The zero-order valence-electron chi connectivity index (χ0n) is 17.8. The Balaban J connectivity index is 1.71. The third-order valence-corrected chi connectivity index (χ3v) is 6.95. The van der Waals surface area contributed by atoms with E-state index in [0.29, 0.717) is 11.1 Å². The number of esters is 1. The third kappa shape index (κ3) is 5.54. The molecule has 2 aromatic rings. The van der Waals surface area contributed by atoms with Crippen molar-refractivity contribution < 1.29 is 41.0 Å². The molecule has 34 heavy (non-hydrogen) atoms. The van der Waals surface area contributed by atoms with Gasteiger partial charge in [0.05, 0.1) is 17.6 Å². The summed E-state index contributed by atoms with van der Waals surface area (Å²) >= 11 is 0. The third-order valence-electron chi connectivity index (χ3n) is 5.07. The molecule has 0 fully saturated rings. The van der Waals surface area contributed by atoms with Gasteiger partial charge in [0.1, 0.15) is 12.3 Å². The molecule has 0 spiro atoms. The molecular weight excluding hydrogens is 479 g/mol. The fraction of sp³-hybridized carbons (Fsp3) is 0.286. The Kier molecular flexibility index (Phi) is 7.26. The predicted octanol–water partition coefficient (Wildman–Crippen LogP) is 2.19. The van der Waals surface area contributed by atoms with Crippen LogP contribution in [-0.4, -0.2) is 61.4 Å². The van der Waals surface area contributed by atoms with Gasteiger partial charge in [0.2, 0.25) is 10.0 Å². The summed E-state index contributed by atoms with van der Waals surface area (Å²) < 4.78 is 69.3. The fourth-order valence-corrected chi connectivity index (χ4v) is 4.59. The van der Waals surface area contributed by atoms with E-state index in [4.69, 9.17) is 0 Å². The molecule has 0 bridgehead atoms. The Morgan fingerprint density at radius 3 is 2.44 bits per heavy atom. The Morgan fingerprint density at radius 2 is 1.91 bits per heavy atom. The van der Waals surface area contributed by atoms with Crippen LogP contribution in [0.2, 0.25) is 0 Å². The number of carbonyl (C=O) groups is 2. The minimum Gasteiger partial charge on any atom is -0.505 e. The van der Waals surface area contributed by atoms with Gasteiger partial charge in [-0.05, 0) is 47.9 Å². The summed E-state index contributed by atoms with van der Waals surface area (Å²) in [6.45, 7) is -0.384. The van der Waals surface area contributed by atoms with Crippen molar-refractivity contribution in [1.29, 1.82) is 0 Å². The van der Waals surface area contributed by atoms with Crippen LogP contribution in [-0.2, 0) is 25.7 Å². The summed E-state index contributed by atoms with van der Waals surface area (Å²) in [4.78, 5) is 26.8. The van der Waals surface area contributed by atoms with Crippen LogP contribution in [0.3, 0.4) is 0 Å². The number of sulfonamides is 1. The van der Waals surface area contributed by atoms with Gasteiger partial charge in [0.15, 0.2) is 5.69 Å². The number of amides is 1. The van der Waals surface area contributed by atoms with Gasteiger partial charge in [0.25, 0.3) is 5.91 Å². The van der Waals surface area contributed by atoms with Crippen LogP contribution < -0.4 is 5.32 Å². The molecule has 9 nitrogen and oxygen atoms in total. The van der Waals surface area contributed by atoms with Crippen LogP contribution in [0.15, 0.2) is 47.5 Å². The molecule has 0 saturated heterocycles. The molecule has 1 aliphatic heterocycles. The lowest BCUT2D eigenvalue weighted by Gasteiger charge is -2.26. The highest BCUT2D eigenvalue weighted by Crippen LogP contribution is 2.31. The van der Waals surface area contributed by atoms with Gasteiger partial charge in [-0.3, -0.25) is 9.59 Å². The number of nitrogens with zero attached hydrogens (tertiary/aromatic N) is 2. The minimum atomic E-state index is -4.57. The average molecular weight is 499 g/mol. The number of aromatic hydroxyl groups is 1.